The van der Waals surface area contributed by atoms with E-state index in [4.69, 9.17) is 17.6 Å². The summed E-state index contributed by atoms with van der Waals surface area (Å²) in [6, 6.07) is 16.9. The molecule has 9 heteroatoms. The standard InChI is InChI=1S/C25H25N3O3.O2S/c1-16-5-8-19(9-6-16)30-22-11-18(25(29)27-24-10-7-17(2)14-26-24)12-23-21(22)13-20(31-23)15-28(3)4;1-3-2/h5-14H,15H2,1-4H3,(H,26,27,29);. The number of nitrogens with one attached hydrogen (secondary N) is 1. The van der Waals surface area contributed by atoms with Crippen LogP contribution in [0.3, 0.4) is 0 Å². The Morgan fingerprint density at radius 3 is 2.32 bits per heavy atom. The third-order valence-electron chi connectivity index (χ3n) is 4.79. The fourth-order valence-electron chi connectivity index (χ4n) is 3.23. The van der Waals surface area contributed by atoms with Crippen molar-refractivity contribution in [3.05, 3.63) is 83.2 Å². The van der Waals surface area contributed by atoms with Gasteiger partial charge in [0, 0.05) is 11.8 Å². The molecule has 4 aromatic rings. The zero-order valence-electron chi connectivity index (χ0n) is 19.3. The van der Waals surface area contributed by atoms with E-state index in [-0.39, 0.29) is 5.91 Å². The van der Waals surface area contributed by atoms with Crippen molar-refractivity contribution in [3.8, 4) is 11.5 Å². The van der Waals surface area contributed by atoms with Crippen molar-refractivity contribution in [2.24, 2.45) is 0 Å². The minimum Gasteiger partial charge on any atom is -0.460 e. The first-order valence-electron chi connectivity index (χ1n) is 10.4. The zero-order valence-corrected chi connectivity index (χ0v) is 20.1. The molecule has 0 spiro atoms. The van der Waals surface area contributed by atoms with Crippen LogP contribution in [0, 0.1) is 13.8 Å². The van der Waals surface area contributed by atoms with Gasteiger partial charge in [-0.3, -0.25) is 4.79 Å². The van der Waals surface area contributed by atoms with Crippen LogP contribution in [-0.2, 0) is 18.1 Å². The Hall–Kier alpha value is -3.82. The first-order valence-corrected chi connectivity index (χ1v) is 11.1. The van der Waals surface area contributed by atoms with Crippen molar-refractivity contribution < 1.29 is 22.4 Å². The Balaban J connectivity index is 0.00000103. The number of furan rings is 1. The monoisotopic (exact) mass is 479 g/mol. The van der Waals surface area contributed by atoms with Crippen molar-refractivity contribution in [3.63, 3.8) is 0 Å². The van der Waals surface area contributed by atoms with Crippen LogP contribution in [0.4, 0.5) is 5.82 Å². The van der Waals surface area contributed by atoms with Gasteiger partial charge in [0.2, 0.25) is 0 Å². The number of pyridine rings is 1. The third kappa shape index (κ3) is 6.60. The van der Waals surface area contributed by atoms with Crippen LogP contribution in [0.5, 0.6) is 11.5 Å². The zero-order chi connectivity index (χ0) is 24.7. The summed E-state index contributed by atoms with van der Waals surface area (Å²) in [7, 11) is 3.95. The lowest BCUT2D eigenvalue weighted by Crippen LogP contribution is -2.13. The smallest absolute Gasteiger partial charge is 0.335 e. The lowest BCUT2D eigenvalue weighted by molar-refractivity contribution is 0.102. The van der Waals surface area contributed by atoms with Crippen molar-refractivity contribution >= 4 is 34.3 Å². The van der Waals surface area contributed by atoms with Crippen LogP contribution in [0.1, 0.15) is 27.2 Å². The van der Waals surface area contributed by atoms with Crippen LogP contribution >= 0.6 is 0 Å². The maximum atomic E-state index is 12.9. The van der Waals surface area contributed by atoms with Crippen LogP contribution < -0.4 is 10.1 Å². The Bertz CT molecular complexity index is 1310. The van der Waals surface area contributed by atoms with Crippen LogP contribution in [0.25, 0.3) is 11.0 Å². The number of fused-ring (bicyclic) bond motifs is 1. The number of anilines is 1. The average Bonchev–Trinajstić information content (AvgIpc) is 3.19. The molecule has 0 atom stereocenters. The van der Waals surface area contributed by atoms with Crippen LogP contribution in [0.2, 0.25) is 0 Å². The number of benzene rings is 2. The molecule has 4 rings (SSSR count). The first kappa shape index (κ1) is 24.8. The molecule has 1 N–H and O–H groups in total. The predicted molar refractivity (Wildman–Crippen MR) is 131 cm³/mol. The van der Waals surface area contributed by atoms with E-state index < -0.39 is 11.6 Å². The molecule has 0 radical (unpaired) electrons. The van der Waals surface area contributed by atoms with Crippen LogP contribution in [-0.4, -0.2) is 38.3 Å². The summed E-state index contributed by atoms with van der Waals surface area (Å²) < 4.78 is 28.8. The van der Waals surface area contributed by atoms with E-state index in [1.165, 1.54) is 0 Å². The van der Waals surface area contributed by atoms with E-state index in [0.717, 1.165) is 22.3 Å². The van der Waals surface area contributed by atoms with Gasteiger partial charge in [0.05, 0.1) is 11.9 Å². The fraction of sp³-hybridized carbons (Fsp3) is 0.200. The summed E-state index contributed by atoms with van der Waals surface area (Å²) in [6.45, 7) is 4.62. The topological polar surface area (TPSA) is 102 Å². The van der Waals surface area contributed by atoms with E-state index in [0.29, 0.717) is 35.0 Å². The van der Waals surface area contributed by atoms with Gasteiger partial charge in [0.1, 0.15) is 28.7 Å². The summed E-state index contributed by atoms with van der Waals surface area (Å²) >= 11 is -0.750. The second kappa shape index (κ2) is 11.4. The number of hydrogen-bond donors (Lipinski definition) is 1. The highest BCUT2D eigenvalue weighted by Crippen LogP contribution is 2.34. The molecule has 0 aliphatic heterocycles. The molecule has 34 heavy (non-hydrogen) atoms. The molecule has 2 aromatic heterocycles. The van der Waals surface area contributed by atoms with Gasteiger partial charge in [0.15, 0.2) is 0 Å². The lowest BCUT2D eigenvalue weighted by atomic mass is 10.1. The number of ether oxygens (including phenoxy) is 1. The minimum atomic E-state index is -0.750. The van der Waals surface area contributed by atoms with Crippen molar-refractivity contribution in [2.45, 2.75) is 20.4 Å². The Labute approximate surface area is 201 Å². The summed E-state index contributed by atoms with van der Waals surface area (Å²) in [5, 5.41) is 3.65. The van der Waals surface area contributed by atoms with Gasteiger partial charge in [-0.05, 0) is 69.9 Å². The number of hydrogen-bond acceptors (Lipinski definition) is 7. The van der Waals surface area contributed by atoms with Gasteiger partial charge in [-0.25, -0.2) is 4.98 Å². The highest BCUT2D eigenvalue weighted by atomic mass is 32.1. The van der Waals surface area contributed by atoms with Gasteiger partial charge < -0.3 is 19.4 Å². The highest BCUT2D eigenvalue weighted by molar-refractivity contribution is 7.51. The van der Waals surface area contributed by atoms with Crippen molar-refractivity contribution in [1.29, 1.82) is 0 Å². The summed E-state index contributed by atoms with van der Waals surface area (Å²) in [6.07, 6.45) is 1.71. The Kier molecular flexibility index (Phi) is 8.29. The van der Waals surface area contributed by atoms with E-state index in [2.05, 4.69) is 10.3 Å². The number of amides is 1. The molecule has 0 fully saturated rings. The van der Waals surface area contributed by atoms with Gasteiger partial charge in [-0.15, -0.1) is 0 Å². The number of carbonyl (C=O) groups is 1. The van der Waals surface area contributed by atoms with Gasteiger partial charge >= 0.3 is 11.6 Å². The molecule has 0 aliphatic carbocycles. The SMILES string of the molecule is Cc1ccc(Oc2cc(C(=O)Nc3ccc(C)cn3)cc3oc(CN(C)C)cc23)cc1.O=S=O. The van der Waals surface area contributed by atoms with Gasteiger partial charge in [0.25, 0.3) is 5.91 Å². The average molecular weight is 480 g/mol. The molecular formula is C25H25N3O5S. The molecule has 2 aromatic carbocycles. The number of carbonyl (C=O) groups excluding carboxylic acids is 1. The van der Waals surface area contributed by atoms with Crippen molar-refractivity contribution in [1.82, 2.24) is 9.88 Å². The highest BCUT2D eigenvalue weighted by Gasteiger charge is 2.17. The number of aryl methyl sites for hydroxylation is 2. The molecule has 0 saturated carbocycles. The van der Waals surface area contributed by atoms with Gasteiger partial charge in [-0.2, -0.15) is 8.42 Å². The van der Waals surface area contributed by atoms with E-state index >= 15 is 0 Å². The Morgan fingerprint density at radius 2 is 1.71 bits per heavy atom. The largest absolute Gasteiger partial charge is 0.460 e. The molecule has 176 valence electrons. The van der Waals surface area contributed by atoms with E-state index in [1.54, 1.807) is 24.4 Å². The summed E-state index contributed by atoms with van der Waals surface area (Å²) in [5.74, 6) is 2.27. The van der Waals surface area contributed by atoms with E-state index in [9.17, 15) is 4.79 Å². The molecule has 2 heterocycles. The molecule has 1 amide bonds. The second-order valence-electron chi connectivity index (χ2n) is 7.99. The minimum absolute atomic E-state index is 0.280. The predicted octanol–water partition coefficient (Wildman–Crippen LogP) is 4.88. The number of rotatable bonds is 6. The fourth-order valence-corrected chi connectivity index (χ4v) is 3.23. The Morgan fingerprint density at radius 1 is 1.03 bits per heavy atom. The molecular weight excluding hydrogens is 454 g/mol. The number of nitrogens with zero attached hydrogens (tertiary/aromatic N) is 2. The molecule has 0 bridgehead atoms. The number of aromatic nitrogens is 1. The van der Waals surface area contributed by atoms with Crippen LogP contribution in [0.15, 0.2) is 65.2 Å². The second-order valence-corrected chi connectivity index (χ2v) is 8.13. The quantitative estimate of drug-likeness (QED) is 0.420. The normalized spacial score (nSPS) is 10.5. The summed E-state index contributed by atoms with van der Waals surface area (Å²) in [4.78, 5) is 19.2. The lowest BCUT2D eigenvalue weighted by Gasteiger charge is -2.10. The molecule has 0 saturated heterocycles. The first-order chi connectivity index (χ1) is 16.3. The van der Waals surface area contributed by atoms with Gasteiger partial charge in [-0.1, -0.05) is 23.8 Å². The molecule has 0 unspecified atom stereocenters. The third-order valence-corrected chi connectivity index (χ3v) is 4.79. The molecule has 0 aliphatic rings. The maximum absolute atomic E-state index is 12.9. The van der Waals surface area contributed by atoms with Crippen molar-refractivity contribution in [2.75, 3.05) is 19.4 Å². The maximum Gasteiger partial charge on any atom is 0.335 e. The van der Waals surface area contributed by atoms with E-state index in [1.807, 2.05) is 69.2 Å². The summed E-state index contributed by atoms with van der Waals surface area (Å²) in [5.41, 5.74) is 3.20. The molecule has 8 nitrogen and oxygen atoms in total.